The molecule has 1 saturated heterocycles. The van der Waals surface area contributed by atoms with Crippen LogP contribution in [0.25, 0.3) is 0 Å². The van der Waals surface area contributed by atoms with Crippen LogP contribution in [0.15, 0.2) is 0 Å². The molecule has 0 saturated carbocycles. The molecular formula is C12H23N3O4S. The summed E-state index contributed by atoms with van der Waals surface area (Å²) in [6.07, 6.45) is 0.528. The lowest BCUT2D eigenvalue weighted by molar-refractivity contribution is -0.130. The summed E-state index contributed by atoms with van der Waals surface area (Å²) in [4.78, 5) is 24.9. The average molecular weight is 305 g/mol. The molecule has 1 unspecified atom stereocenters. The molecule has 1 rings (SSSR count). The zero-order chi connectivity index (χ0) is 15.3. The Labute approximate surface area is 120 Å². The van der Waals surface area contributed by atoms with Crippen molar-refractivity contribution in [3.8, 4) is 0 Å². The molecule has 1 atom stereocenters. The molecular weight excluding hydrogens is 282 g/mol. The third-order valence-corrected chi connectivity index (χ3v) is 5.44. The molecule has 1 N–H and O–H groups in total. The molecule has 1 heterocycles. The SMILES string of the molecule is CCCS(=O)(=O)N1CCN(C(C)=O)CC(C(=O)NC)C1. The van der Waals surface area contributed by atoms with Gasteiger partial charge in [-0.05, 0) is 6.42 Å². The van der Waals surface area contributed by atoms with E-state index in [1.54, 1.807) is 6.92 Å². The second-order valence-electron chi connectivity index (χ2n) is 4.95. The van der Waals surface area contributed by atoms with E-state index in [1.807, 2.05) is 0 Å². The molecule has 0 aromatic rings. The highest BCUT2D eigenvalue weighted by Gasteiger charge is 2.33. The van der Waals surface area contributed by atoms with Crippen LogP contribution in [0.2, 0.25) is 0 Å². The van der Waals surface area contributed by atoms with E-state index in [0.717, 1.165) is 0 Å². The average Bonchev–Trinajstić information content (AvgIpc) is 2.61. The van der Waals surface area contributed by atoms with E-state index in [1.165, 1.54) is 23.2 Å². The quantitative estimate of drug-likeness (QED) is 0.740. The summed E-state index contributed by atoms with van der Waals surface area (Å²) in [7, 11) is -1.86. The van der Waals surface area contributed by atoms with Gasteiger partial charge in [0.1, 0.15) is 0 Å². The predicted octanol–water partition coefficient (Wildman–Crippen LogP) is -0.747. The van der Waals surface area contributed by atoms with Crippen LogP contribution in [0.5, 0.6) is 0 Å². The van der Waals surface area contributed by atoms with Crippen molar-refractivity contribution in [3.05, 3.63) is 0 Å². The van der Waals surface area contributed by atoms with Crippen LogP contribution in [0.4, 0.5) is 0 Å². The van der Waals surface area contributed by atoms with E-state index in [0.29, 0.717) is 13.0 Å². The number of carbonyl (C=O) groups is 2. The lowest BCUT2D eigenvalue weighted by Gasteiger charge is -2.22. The van der Waals surface area contributed by atoms with Gasteiger partial charge in [0.2, 0.25) is 21.8 Å². The monoisotopic (exact) mass is 305 g/mol. The molecule has 1 fully saturated rings. The Bertz CT molecular complexity index is 463. The van der Waals surface area contributed by atoms with Crippen LogP contribution in [-0.4, -0.2) is 68.4 Å². The summed E-state index contributed by atoms with van der Waals surface area (Å²) in [5, 5.41) is 2.53. The minimum atomic E-state index is -3.37. The van der Waals surface area contributed by atoms with Crippen molar-refractivity contribution in [2.45, 2.75) is 20.3 Å². The lowest BCUT2D eigenvalue weighted by atomic mass is 10.1. The van der Waals surface area contributed by atoms with Crippen molar-refractivity contribution in [3.63, 3.8) is 0 Å². The van der Waals surface area contributed by atoms with Crippen molar-refractivity contribution >= 4 is 21.8 Å². The van der Waals surface area contributed by atoms with E-state index >= 15 is 0 Å². The third kappa shape index (κ3) is 4.17. The Balaban J connectivity index is 2.96. The fourth-order valence-corrected chi connectivity index (χ4v) is 3.82. The molecule has 1 aliphatic rings. The van der Waals surface area contributed by atoms with Crippen molar-refractivity contribution < 1.29 is 18.0 Å². The topological polar surface area (TPSA) is 86.8 Å². The highest BCUT2D eigenvalue weighted by atomic mass is 32.2. The first-order valence-corrected chi connectivity index (χ1v) is 8.37. The van der Waals surface area contributed by atoms with Gasteiger partial charge in [-0.25, -0.2) is 8.42 Å². The number of sulfonamides is 1. The summed E-state index contributed by atoms with van der Waals surface area (Å²) >= 11 is 0. The van der Waals surface area contributed by atoms with Gasteiger partial charge in [0, 0.05) is 40.2 Å². The van der Waals surface area contributed by atoms with Crippen LogP contribution in [0.1, 0.15) is 20.3 Å². The van der Waals surface area contributed by atoms with Crippen molar-refractivity contribution in [1.29, 1.82) is 0 Å². The van der Waals surface area contributed by atoms with E-state index < -0.39 is 15.9 Å². The van der Waals surface area contributed by atoms with Crippen LogP contribution in [0, 0.1) is 5.92 Å². The molecule has 0 aromatic carbocycles. The third-order valence-electron chi connectivity index (χ3n) is 3.40. The summed E-state index contributed by atoms with van der Waals surface area (Å²) in [6, 6.07) is 0. The van der Waals surface area contributed by atoms with Gasteiger partial charge in [0.15, 0.2) is 0 Å². The van der Waals surface area contributed by atoms with Gasteiger partial charge in [-0.1, -0.05) is 6.92 Å². The molecule has 8 heteroatoms. The summed E-state index contributed by atoms with van der Waals surface area (Å²) in [5.74, 6) is -0.852. The zero-order valence-corrected chi connectivity index (χ0v) is 13.1. The van der Waals surface area contributed by atoms with Crippen molar-refractivity contribution in [1.82, 2.24) is 14.5 Å². The summed E-state index contributed by atoms with van der Waals surface area (Å²) < 4.78 is 25.7. The van der Waals surface area contributed by atoms with E-state index in [2.05, 4.69) is 5.32 Å². The van der Waals surface area contributed by atoms with Gasteiger partial charge in [-0.15, -0.1) is 0 Å². The van der Waals surface area contributed by atoms with Crippen LogP contribution >= 0.6 is 0 Å². The number of hydrogen-bond donors (Lipinski definition) is 1. The largest absolute Gasteiger partial charge is 0.359 e. The highest BCUT2D eigenvalue weighted by molar-refractivity contribution is 7.89. The van der Waals surface area contributed by atoms with Crippen molar-refractivity contribution in [2.75, 3.05) is 39.0 Å². The van der Waals surface area contributed by atoms with Gasteiger partial charge in [-0.2, -0.15) is 4.31 Å². The summed E-state index contributed by atoms with van der Waals surface area (Å²) in [6.45, 7) is 4.19. The van der Waals surface area contributed by atoms with Gasteiger partial charge in [-0.3, -0.25) is 9.59 Å². The van der Waals surface area contributed by atoms with Gasteiger partial charge < -0.3 is 10.2 Å². The molecule has 0 aromatic heterocycles. The first kappa shape index (κ1) is 16.9. The minimum Gasteiger partial charge on any atom is -0.359 e. The maximum Gasteiger partial charge on any atom is 0.225 e. The van der Waals surface area contributed by atoms with E-state index in [9.17, 15) is 18.0 Å². The molecule has 2 amide bonds. The number of rotatable bonds is 4. The maximum atomic E-state index is 12.2. The van der Waals surface area contributed by atoms with Crippen molar-refractivity contribution in [2.24, 2.45) is 5.92 Å². The molecule has 0 bridgehead atoms. The maximum absolute atomic E-state index is 12.2. The molecule has 116 valence electrons. The van der Waals surface area contributed by atoms with Gasteiger partial charge >= 0.3 is 0 Å². The molecule has 20 heavy (non-hydrogen) atoms. The first-order chi connectivity index (χ1) is 9.31. The lowest BCUT2D eigenvalue weighted by Crippen LogP contribution is -2.42. The number of nitrogens with one attached hydrogen (secondary N) is 1. The number of amides is 2. The van der Waals surface area contributed by atoms with Crippen LogP contribution in [-0.2, 0) is 19.6 Å². The molecule has 7 nitrogen and oxygen atoms in total. The Kier molecular flexibility index (Phi) is 5.94. The van der Waals surface area contributed by atoms with Gasteiger partial charge in [0.25, 0.3) is 0 Å². The Morgan fingerprint density at radius 1 is 1.25 bits per heavy atom. The molecule has 0 aliphatic carbocycles. The fourth-order valence-electron chi connectivity index (χ4n) is 2.28. The normalized spacial score (nSPS) is 21.4. The fraction of sp³-hybridized carbons (Fsp3) is 0.833. The first-order valence-electron chi connectivity index (χ1n) is 6.76. The van der Waals surface area contributed by atoms with Crippen LogP contribution < -0.4 is 5.32 Å². The van der Waals surface area contributed by atoms with Crippen LogP contribution in [0.3, 0.4) is 0 Å². The number of nitrogens with zero attached hydrogens (tertiary/aromatic N) is 2. The second-order valence-corrected chi connectivity index (χ2v) is 7.04. The standard InChI is InChI=1S/C12H23N3O4S/c1-4-7-20(18,19)15-6-5-14(10(2)16)8-11(9-15)12(17)13-3/h11H,4-9H2,1-3H3,(H,13,17). The molecule has 1 aliphatic heterocycles. The van der Waals surface area contributed by atoms with E-state index in [4.69, 9.17) is 0 Å². The second kappa shape index (κ2) is 7.03. The van der Waals surface area contributed by atoms with E-state index in [-0.39, 0.29) is 37.2 Å². The molecule has 0 radical (unpaired) electrons. The number of hydrogen-bond acceptors (Lipinski definition) is 4. The van der Waals surface area contributed by atoms with Gasteiger partial charge in [0.05, 0.1) is 11.7 Å². The predicted molar refractivity (Wildman–Crippen MR) is 75.5 cm³/mol. The highest BCUT2D eigenvalue weighted by Crippen LogP contribution is 2.14. The zero-order valence-electron chi connectivity index (χ0n) is 12.3. The minimum absolute atomic E-state index is 0.0630. The Hall–Kier alpha value is -1.15. The summed E-state index contributed by atoms with van der Waals surface area (Å²) in [5.41, 5.74) is 0. The Morgan fingerprint density at radius 2 is 1.90 bits per heavy atom. The Morgan fingerprint density at radius 3 is 2.40 bits per heavy atom. The molecule has 0 spiro atoms. The smallest absolute Gasteiger partial charge is 0.225 e. The number of carbonyl (C=O) groups excluding carboxylic acids is 2.